The molecule has 0 saturated heterocycles. The Labute approximate surface area is 89.5 Å². The van der Waals surface area contributed by atoms with Crippen LogP contribution in [0.5, 0.6) is 0 Å². The highest BCUT2D eigenvalue weighted by Crippen LogP contribution is 2.38. The molecule has 0 bridgehead atoms. The predicted molar refractivity (Wildman–Crippen MR) is 62.3 cm³/mol. The lowest BCUT2D eigenvalue weighted by atomic mass is 10.1. The van der Waals surface area contributed by atoms with Crippen molar-refractivity contribution in [2.24, 2.45) is 0 Å². The van der Waals surface area contributed by atoms with Gasteiger partial charge < -0.3 is 9.05 Å². The molecule has 0 aliphatic heterocycles. The number of hydrogen-bond acceptors (Lipinski definition) is 3. The van der Waals surface area contributed by atoms with Crippen molar-refractivity contribution in [3.8, 4) is 0 Å². The van der Waals surface area contributed by atoms with E-state index in [-0.39, 0.29) is 17.7 Å². The zero-order chi connectivity index (χ0) is 11.4. The van der Waals surface area contributed by atoms with Gasteiger partial charge in [-0.3, -0.25) is 0 Å². The molecule has 0 aromatic rings. The summed E-state index contributed by atoms with van der Waals surface area (Å²) in [4.78, 5) is 0. The second kappa shape index (κ2) is 6.02. The van der Waals surface area contributed by atoms with E-state index >= 15 is 0 Å². The first-order chi connectivity index (χ1) is 6.20. The molecular weight excluding hydrogens is 197 g/mol. The number of hydrogen-bond donors (Lipinski definition) is 1. The summed E-state index contributed by atoms with van der Waals surface area (Å²) < 4.78 is 11.3. The van der Waals surface area contributed by atoms with Crippen molar-refractivity contribution in [1.29, 1.82) is 0 Å². The molecule has 0 spiro atoms. The molecule has 0 atom stereocenters. The summed E-state index contributed by atoms with van der Waals surface area (Å²) >= 11 is 0. The lowest BCUT2D eigenvalue weighted by Crippen LogP contribution is -2.33. The second-order valence-electron chi connectivity index (χ2n) is 4.93. The normalized spacial score (nSPS) is 13.3. The molecule has 0 unspecified atom stereocenters. The van der Waals surface area contributed by atoms with E-state index in [1.54, 1.807) is 0 Å². The fraction of sp³-hybridized carbons (Fsp3) is 1.00. The van der Waals surface area contributed by atoms with E-state index in [9.17, 15) is 0 Å². The third-order valence-electron chi connectivity index (χ3n) is 1.04. The molecule has 4 heteroatoms. The third kappa shape index (κ3) is 8.89. The largest absolute Gasteiger partial charge is 0.319 e. The minimum absolute atomic E-state index is 0.0233. The molecule has 3 nitrogen and oxygen atoms in total. The first-order valence-electron chi connectivity index (χ1n) is 5.12. The van der Waals surface area contributed by atoms with E-state index in [1.165, 1.54) is 0 Å². The summed E-state index contributed by atoms with van der Waals surface area (Å²) in [7, 11) is -0.978. The van der Waals surface area contributed by atoms with Crippen LogP contribution in [-0.2, 0) is 9.05 Å². The molecule has 1 N–H and O–H groups in total. The summed E-state index contributed by atoms with van der Waals surface area (Å²) in [6.07, 6.45) is 0.379. The first kappa shape index (κ1) is 14.3. The summed E-state index contributed by atoms with van der Waals surface area (Å²) in [6, 6.07) is 0. The van der Waals surface area contributed by atoms with Crippen molar-refractivity contribution in [1.82, 2.24) is 5.09 Å². The molecule has 0 saturated carbocycles. The van der Waals surface area contributed by atoms with Gasteiger partial charge in [0.2, 0.25) is 0 Å². The van der Waals surface area contributed by atoms with Crippen LogP contribution in [0.3, 0.4) is 0 Å². The Bertz CT molecular complexity index is 145. The first-order valence-corrected chi connectivity index (χ1v) is 6.30. The van der Waals surface area contributed by atoms with Crippen LogP contribution < -0.4 is 5.09 Å². The molecule has 0 fully saturated rings. The van der Waals surface area contributed by atoms with Crippen LogP contribution in [0, 0.1) is 0 Å². The van der Waals surface area contributed by atoms with Gasteiger partial charge in [0.15, 0.2) is 0 Å². The third-order valence-corrected chi connectivity index (χ3v) is 3.12. The maximum atomic E-state index is 5.67. The van der Waals surface area contributed by atoms with E-state index < -0.39 is 8.53 Å². The van der Waals surface area contributed by atoms with Gasteiger partial charge in [0.25, 0.3) is 8.53 Å². The highest BCUT2D eigenvalue weighted by molar-refractivity contribution is 7.45. The molecule has 86 valence electrons. The predicted octanol–water partition coefficient (Wildman–Crippen LogP) is 3.45. The van der Waals surface area contributed by atoms with Gasteiger partial charge in [-0.05, 0) is 48.5 Å². The van der Waals surface area contributed by atoms with Crippen LogP contribution in [-0.4, -0.2) is 17.7 Å². The average Bonchev–Trinajstić information content (AvgIpc) is 1.77. The van der Waals surface area contributed by atoms with E-state index in [0.29, 0.717) is 0 Å². The molecule has 0 aliphatic rings. The summed E-state index contributed by atoms with van der Waals surface area (Å²) in [6.45, 7) is 14.4. The van der Waals surface area contributed by atoms with Crippen molar-refractivity contribution >= 4 is 8.53 Å². The lowest BCUT2D eigenvalue weighted by Gasteiger charge is -2.29. The van der Waals surface area contributed by atoms with Crippen LogP contribution in [0.2, 0.25) is 0 Å². The molecule has 0 amide bonds. The van der Waals surface area contributed by atoms with Crippen LogP contribution in [0.15, 0.2) is 0 Å². The van der Waals surface area contributed by atoms with Gasteiger partial charge >= 0.3 is 0 Å². The minimum atomic E-state index is -0.978. The SMILES string of the molecule is CC(C)OP(NC(C)(C)C)OC(C)C. The Hall–Kier alpha value is 0.310. The van der Waals surface area contributed by atoms with Crippen molar-refractivity contribution in [3.05, 3.63) is 0 Å². The molecule has 0 aliphatic carbocycles. The average molecular weight is 221 g/mol. The summed E-state index contributed by atoms with van der Waals surface area (Å²) in [5.74, 6) is 0. The van der Waals surface area contributed by atoms with E-state index in [0.717, 1.165) is 0 Å². The molecule has 0 aromatic heterocycles. The smallest absolute Gasteiger partial charge is 0.256 e. The standard InChI is InChI=1S/C10H24NO2P/c1-8(2)12-14(13-9(3)4)11-10(5,6)7/h8-9,11H,1-7H3. The van der Waals surface area contributed by atoms with Gasteiger partial charge in [-0.25, -0.2) is 5.09 Å². The lowest BCUT2D eigenvalue weighted by molar-refractivity contribution is 0.166. The van der Waals surface area contributed by atoms with Gasteiger partial charge in [-0.1, -0.05) is 0 Å². The summed E-state index contributed by atoms with van der Waals surface area (Å²) in [5.41, 5.74) is 0.0233. The highest BCUT2D eigenvalue weighted by Gasteiger charge is 2.21. The van der Waals surface area contributed by atoms with Crippen LogP contribution in [0.1, 0.15) is 48.5 Å². The number of nitrogens with one attached hydrogen (secondary N) is 1. The topological polar surface area (TPSA) is 30.5 Å². The molecule has 14 heavy (non-hydrogen) atoms. The van der Waals surface area contributed by atoms with E-state index in [1.807, 2.05) is 27.7 Å². The molecule has 0 heterocycles. The maximum Gasteiger partial charge on any atom is 0.256 e. The van der Waals surface area contributed by atoms with E-state index in [2.05, 4.69) is 25.9 Å². The Balaban J connectivity index is 4.11. The van der Waals surface area contributed by atoms with Gasteiger partial charge in [-0.2, -0.15) is 0 Å². The van der Waals surface area contributed by atoms with Crippen LogP contribution in [0.4, 0.5) is 0 Å². The quantitative estimate of drug-likeness (QED) is 0.721. The minimum Gasteiger partial charge on any atom is -0.319 e. The van der Waals surface area contributed by atoms with Crippen molar-refractivity contribution in [2.75, 3.05) is 0 Å². The fourth-order valence-corrected chi connectivity index (χ4v) is 2.20. The van der Waals surface area contributed by atoms with Crippen molar-refractivity contribution < 1.29 is 9.05 Å². The Morgan fingerprint density at radius 2 is 1.29 bits per heavy atom. The molecule has 0 radical (unpaired) electrons. The zero-order valence-corrected chi connectivity index (χ0v) is 11.3. The Morgan fingerprint density at radius 1 is 0.929 bits per heavy atom. The monoisotopic (exact) mass is 221 g/mol. The van der Waals surface area contributed by atoms with Crippen molar-refractivity contribution in [2.45, 2.75) is 66.2 Å². The van der Waals surface area contributed by atoms with Crippen LogP contribution >= 0.6 is 8.53 Å². The van der Waals surface area contributed by atoms with Crippen LogP contribution in [0.25, 0.3) is 0 Å². The van der Waals surface area contributed by atoms with Crippen molar-refractivity contribution in [3.63, 3.8) is 0 Å². The van der Waals surface area contributed by atoms with Gasteiger partial charge in [0.05, 0.1) is 12.2 Å². The second-order valence-corrected chi connectivity index (χ2v) is 6.09. The summed E-state index contributed by atoms with van der Waals surface area (Å²) in [5, 5.41) is 3.34. The molecule has 0 aromatic carbocycles. The van der Waals surface area contributed by atoms with Gasteiger partial charge in [-0.15, -0.1) is 0 Å². The Kier molecular flexibility index (Phi) is 6.15. The zero-order valence-electron chi connectivity index (χ0n) is 10.4. The molecular formula is C10H24NO2P. The maximum absolute atomic E-state index is 5.67. The highest BCUT2D eigenvalue weighted by atomic mass is 31.2. The fourth-order valence-electron chi connectivity index (χ4n) is 0.734. The van der Waals surface area contributed by atoms with Gasteiger partial charge in [0, 0.05) is 5.54 Å². The Morgan fingerprint density at radius 3 is 1.50 bits per heavy atom. The van der Waals surface area contributed by atoms with Gasteiger partial charge in [0.1, 0.15) is 0 Å². The molecule has 0 rings (SSSR count). The number of rotatable bonds is 5. The van der Waals surface area contributed by atoms with E-state index in [4.69, 9.17) is 9.05 Å².